The summed E-state index contributed by atoms with van der Waals surface area (Å²) in [6.07, 6.45) is 5.52. The maximum Gasteiger partial charge on any atom is 0.264 e. The smallest absolute Gasteiger partial charge is 0.264 e. The fraction of sp³-hybridized carbons (Fsp3) is 0.250. The van der Waals surface area contributed by atoms with Gasteiger partial charge in [0.15, 0.2) is 0 Å². The first kappa shape index (κ1) is 11.2. The lowest BCUT2D eigenvalue weighted by molar-refractivity contribution is -0.115. The highest BCUT2D eigenvalue weighted by atomic mass is 16.1. The van der Waals surface area contributed by atoms with Gasteiger partial charge in [0.1, 0.15) is 0 Å². The Hall–Kier alpha value is -1.78. The zero-order valence-corrected chi connectivity index (χ0v) is 7.19. The van der Waals surface area contributed by atoms with Gasteiger partial charge in [-0.05, 0) is 18.9 Å². The highest BCUT2D eigenvalue weighted by Gasteiger charge is 1.94. The van der Waals surface area contributed by atoms with Crippen molar-refractivity contribution in [3.63, 3.8) is 0 Å². The quantitative estimate of drug-likeness (QED) is 0.380. The molecule has 0 aromatic carbocycles. The highest BCUT2D eigenvalue weighted by molar-refractivity contribution is 5.90. The highest BCUT2D eigenvalue weighted by Crippen LogP contribution is 1.94. The molecule has 0 aliphatic heterocycles. The van der Waals surface area contributed by atoms with E-state index in [2.05, 4.69) is 0 Å². The van der Waals surface area contributed by atoms with Crippen LogP contribution in [0.5, 0.6) is 0 Å². The van der Waals surface area contributed by atoms with Crippen molar-refractivity contribution in [2.24, 2.45) is 17.2 Å². The first-order chi connectivity index (χ1) is 6.04. The zero-order valence-electron chi connectivity index (χ0n) is 7.19. The lowest BCUT2D eigenvalue weighted by Crippen LogP contribution is -2.19. The van der Waals surface area contributed by atoms with Crippen LogP contribution in [0.2, 0.25) is 0 Å². The first-order valence-electron chi connectivity index (χ1n) is 3.75. The number of allylic oxidation sites excluding steroid dienone is 2. The van der Waals surface area contributed by atoms with Gasteiger partial charge in [-0.25, -0.2) is 0 Å². The lowest BCUT2D eigenvalue weighted by Gasteiger charge is -1.92. The molecule has 0 rings (SSSR count). The second-order valence-corrected chi connectivity index (χ2v) is 2.41. The minimum Gasteiger partial charge on any atom is -0.395 e. The van der Waals surface area contributed by atoms with Crippen molar-refractivity contribution in [3.05, 3.63) is 23.9 Å². The fourth-order valence-electron chi connectivity index (χ4n) is 0.635. The van der Waals surface area contributed by atoms with E-state index in [-0.39, 0.29) is 5.70 Å². The van der Waals surface area contributed by atoms with Crippen LogP contribution in [0.1, 0.15) is 12.8 Å². The predicted molar refractivity (Wildman–Crippen MR) is 49.0 cm³/mol. The van der Waals surface area contributed by atoms with E-state index in [1.165, 1.54) is 12.2 Å². The third-order valence-corrected chi connectivity index (χ3v) is 1.26. The normalized spacial score (nSPS) is 11.8. The number of rotatable bonds is 5. The molecule has 0 aliphatic rings. The number of carbonyl (C=O) groups excluding carboxylic acids is 2. The molecule has 6 N–H and O–H groups in total. The van der Waals surface area contributed by atoms with E-state index in [4.69, 9.17) is 17.2 Å². The third-order valence-electron chi connectivity index (χ3n) is 1.26. The van der Waals surface area contributed by atoms with Crippen LogP contribution in [0.25, 0.3) is 0 Å². The molecule has 0 spiro atoms. The van der Waals surface area contributed by atoms with Crippen molar-refractivity contribution in [1.29, 1.82) is 0 Å². The number of amides is 2. The van der Waals surface area contributed by atoms with Crippen molar-refractivity contribution in [1.82, 2.24) is 0 Å². The van der Waals surface area contributed by atoms with Gasteiger partial charge < -0.3 is 17.2 Å². The van der Waals surface area contributed by atoms with Crippen molar-refractivity contribution in [2.45, 2.75) is 12.8 Å². The van der Waals surface area contributed by atoms with Gasteiger partial charge in [-0.1, -0.05) is 12.2 Å². The number of unbranched alkanes of at least 4 members (excludes halogenated alkanes) is 1. The van der Waals surface area contributed by atoms with E-state index < -0.39 is 11.8 Å². The van der Waals surface area contributed by atoms with E-state index in [0.717, 1.165) is 0 Å². The topological polar surface area (TPSA) is 112 Å². The average Bonchev–Trinajstić information content (AvgIpc) is 2.02. The van der Waals surface area contributed by atoms with E-state index in [1.807, 2.05) is 0 Å². The van der Waals surface area contributed by atoms with E-state index in [9.17, 15) is 9.59 Å². The molecule has 0 radical (unpaired) electrons. The Balaban J connectivity index is 3.73. The van der Waals surface area contributed by atoms with Gasteiger partial charge in [0, 0.05) is 0 Å². The molecule has 0 aliphatic carbocycles. The fourth-order valence-corrected chi connectivity index (χ4v) is 0.635. The number of primary amides is 2. The van der Waals surface area contributed by atoms with Gasteiger partial charge in [0.2, 0.25) is 5.91 Å². The molecule has 0 atom stereocenters. The molecule has 0 saturated carbocycles. The van der Waals surface area contributed by atoms with Crippen molar-refractivity contribution in [3.8, 4) is 0 Å². The summed E-state index contributed by atoms with van der Waals surface area (Å²) >= 11 is 0. The second-order valence-electron chi connectivity index (χ2n) is 2.41. The van der Waals surface area contributed by atoms with E-state index in [0.29, 0.717) is 12.8 Å². The maximum atomic E-state index is 10.4. The summed E-state index contributed by atoms with van der Waals surface area (Å²) in [6, 6.07) is 0. The van der Waals surface area contributed by atoms with Crippen LogP contribution >= 0.6 is 0 Å². The Morgan fingerprint density at radius 2 is 1.69 bits per heavy atom. The van der Waals surface area contributed by atoms with Gasteiger partial charge in [-0.15, -0.1) is 0 Å². The molecule has 0 saturated heterocycles. The molecule has 0 fully saturated rings. The molecule has 0 bridgehead atoms. The molecule has 0 aromatic heterocycles. The van der Waals surface area contributed by atoms with Crippen LogP contribution in [0, 0.1) is 0 Å². The monoisotopic (exact) mass is 183 g/mol. The second kappa shape index (κ2) is 5.82. The number of carbonyl (C=O) groups is 2. The molecule has 0 unspecified atom stereocenters. The van der Waals surface area contributed by atoms with Crippen LogP contribution in [0.4, 0.5) is 0 Å². The zero-order chi connectivity index (χ0) is 10.3. The van der Waals surface area contributed by atoms with Crippen LogP contribution in [-0.2, 0) is 9.59 Å². The Kier molecular flexibility index (Phi) is 5.02. The molecule has 13 heavy (non-hydrogen) atoms. The largest absolute Gasteiger partial charge is 0.395 e. The molecule has 72 valence electrons. The Morgan fingerprint density at radius 3 is 2.15 bits per heavy atom. The standard InChI is InChI=1S/C8H13N3O2/c9-6(8(11)13)4-2-1-3-5-7(10)12/h3-5H,1-2,9H2,(H2,10,12)(H2,11,13). The molecule has 5 nitrogen and oxygen atoms in total. The number of hydrogen-bond acceptors (Lipinski definition) is 3. The lowest BCUT2D eigenvalue weighted by atomic mass is 10.2. The van der Waals surface area contributed by atoms with E-state index in [1.54, 1.807) is 6.08 Å². The first-order valence-corrected chi connectivity index (χ1v) is 3.75. The van der Waals surface area contributed by atoms with Gasteiger partial charge in [-0.3, -0.25) is 9.59 Å². The Morgan fingerprint density at radius 1 is 1.08 bits per heavy atom. The average molecular weight is 183 g/mol. The minimum absolute atomic E-state index is 0.0347. The van der Waals surface area contributed by atoms with E-state index >= 15 is 0 Å². The number of nitrogens with two attached hydrogens (primary N) is 3. The van der Waals surface area contributed by atoms with Crippen molar-refractivity contribution >= 4 is 11.8 Å². The third kappa shape index (κ3) is 6.61. The summed E-state index contributed by atoms with van der Waals surface area (Å²) in [5.74, 6) is -1.13. The van der Waals surface area contributed by atoms with Gasteiger partial charge in [-0.2, -0.15) is 0 Å². The minimum atomic E-state index is -0.640. The van der Waals surface area contributed by atoms with Crippen molar-refractivity contribution < 1.29 is 9.59 Å². The number of hydrogen-bond donors (Lipinski definition) is 3. The van der Waals surface area contributed by atoms with Crippen LogP contribution in [-0.4, -0.2) is 11.8 Å². The Bertz CT molecular complexity index is 256. The van der Waals surface area contributed by atoms with Crippen LogP contribution in [0.3, 0.4) is 0 Å². The van der Waals surface area contributed by atoms with Gasteiger partial charge in [0.05, 0.1) is 5.70 Å². The summed E-state index contributed by atoms with van der Waals surface area (Å²) < 4.78 is 0. The van der Waals surface area contributed by atoms with Crippen LogP contribution in [0.15, 0.2) is 23.9 Å². The van der Waals surface area contributed by atoms with Crippen LogP contribution < -0.4 is 17.2 Å². The molecule has 5 heteroatoms. The molecule has 0 aromatic rings. The maximum absolute atomic E-state index is 10.4. The predicted octanol–water partition coefficient (Wildman–Crippen LogP) is -0.864. The summed E-state index contributed by atoms with van der Waals surface area (Å²) in [6.45, 7) is 0. The summed E-state index contributed by atoms with van der Waals surface area (Å²) in [7, 11) is 0. The summed E-state index contributed by atoms with van der Waals surface area (Å²) in [5.41, 5.74) is 15.0. The summed E-state index contributed by atoms with van der Waals surface area (Å²) in [5, 5.41) is 0. The van der Waals surface area contributed by atoms with Gasteiger partial charge >= 0.3 is 0 Å². The molecular weight excluding hydrogens is 170 g/mol. The molecule has 2 amide bonds. The van der Waals surface area contributed by atoms with Crippen molar-refractivity contribution in [2.75, 3.05) is 0 Å². The molecular formula is C8H13N3O2. The summed E-state index contributed by atoms with van der Waals surface area (Å²) in [4.78, 5) is 20.6. The van der Waals surface area contributed by atoms with Gasteiger partial charge in [0.25, 0.3) is 5.91 Å². The Labute approximate surface area is 76.3 Å². The SMILES string of the molecule is NC(=O)C=CCCC=C(N)C(N)=O. The molecule has 0 heterocycles.